The Balaban J connectivity index is 2.39. The van der Waals surface area contributed by atoms with Crippen molar-refractivity contribution >= 4 is 12.7 Å². The van der Waals surface area contributed by atoms with Crippen LogP contribution < -0.4 is 0 Å². The number of rotatable bonds is 6. The van der Waals surface area contributed by atoms with E-state index in [2.05, 4.69) is 17.0 Å². The average molecular weight is 184 g/mol. The fourth-order valence-corrected chi connectivity index (χ4v) is 1.47. The monoisotopic (exact) mass is 184 g/mol. The van der Waals surface area contributed by atoms with Crippen LogP contribution in [-0.4, -0.2) is 42.1 Å². The molecule has 0 saturated carbocycles. The third-order valence-electron chi connectivity index (χ3n) is 2.27. The Morgan fingerprint density at radius 3 is 2.69 bits per heavy atom. The second-order valence-electron chi connectivity index (χ2n) is 3.36. The largest absolute Gasteiger partial charge is 0.390 e. The van der Waals surface area contributed by atoms with Gasteiger partial charge in [-0.05, 0) is 12.8 Å². The maximum atomic E-state index is 8.90. The summed E-state index contributed by atoms with van der Waals surface area (Å²) in [6.07, 6.45) is 6.95. The molecule has 0 fully saturated rings. The Labute approximate surface area is 79.2 Å². The van der Waals surface area contributed by atoms with Gasteiger partial charge in [-0.3, -0.25) is 0 Å². The molecule has 0 aromatic rings. The van der Waals surface area contributed by atoms with Crippen molar-refractivity contribution in [2.45, 2.75) is 26.2 Å². The Morgan fingerprint density at radius 1 is 1.31 bits per heavy atom. The zero-order valence-electron chi connectivity index (χ0n) is 8.19. The third kappa shape index (κ3) is 2.90. The van der Waals surface area contributed by atoms with Crippen molar-refractivity contribution in [1.82, 2.24) is 0 Å². The van der Waals surface area contributed by atoms with E-state index in [-0.39, 0.29) is 6.61 Å². The molecule has 0 aromatic heterocycles. The summed E-state index contributed by atoms with van der Waals surface area (Å²) >= 11 is 0. The van der Waals surface area contributed by atoms with Gasteiger partial charge in [0.2, 0.25) is 6.34 Å². The van der Waals surface area contributed by atoms with Gasteiger partial charge >= 0.3 is 0 Å². The normalized spacial score (nSPS) is 25.7. The summed E-state index contributed by atoms with van der Waals surface area (Å²) in [5.41, 5.74) is 0. The van der Waals surface area contributed by atoms with Crippen LogP contribution in [0.2, 0.25) is 0 Å². The van der Waals surface area contributed by atoms with Gasteiger partial charge in [-0.1, -0.05) is 18.4 Å². The van der Waals surface area contributed by atoms with Crippen molar-refractivity contribution in [3.8, 4) is 0 Å². The topological polar surface area (TPSA) is 45.0 Å². The molecule has 1 rings (SSSR count). The van der Waals surface area contributed by atoms with Crippen LogP contribution in [0.1, 0.15) is 26.2 Å². The third-order valence-corrected chi connectivity index (χ3v) is 2.27. The van der Waals surface area contributed by atoms with Crippen LogP contribution >= 0.6 is 0 Å². The van der Waals surface area contributed by atoms with Crippen molar-refractivity contribution in [2.75, 3.05) is 19.7 Å². The molecule has 0 amide bonds. The van der Waals surface area contributed by atoms with Crippen LogP contribution in [0.3, 0.4) is 0 Å². The van der Waals surface area contributed by atoms with Crippen LogP contribution in [0.25, 0.3) is 0 Å². The second-order valence-corrected chi connectivity index (χ2v) is 3.36. The lowest BCUT2D eigenvalue weighted by Crippen LogP contribution is -2.42. The Bertz CT molecular complexity index is 189. The quantitative estimate of drug-likeness (QED) is 0.485. The Hall–Kier alpha value is -0.740. The predicted molar refractivity (Wildman–Crippen MR) is 53.6 cm³/mol. The molecule has 4 heteroatoms. The van der Waals surface area contributed by atoms with Gasteiger partial charge < -0.3 is 5.11 Å². The van der Waals surface area contributed by atoms with E-state index in [9.17, 15) is 0 Å². The van der Waals surface area contributed by atoms with E-state index < -0.39 is 0 Å². The molecule has 0 aliphatic carbocycles. The molecule has 1 aliphatic rings. The van der Waals surface area contributed by atoms with Gasteiger partial charge in [0.25, 0.3) is 0 Å². The second kappa shape index (κ2) is 5.09. The maximum Gasteiger partial charge on any atom is 0.218 e. The molecule has 0 spiro atoms. The molecular formula is C9H18N3O+. The minimum Gasteiger partial charge on any atom is -0.390 e. The lowest BCUT2D eigenvalue weighted by molar-refractivity contribution is -0.840. The first-order valence-electron chi connectivity index (χ1n) is 4.89. The SMILES string of the molecule is CCCCC[N+]1(CCO)C=NC=N1. The first-order valence-corrected chi connectivity index (χ1v) is 4.89. The number of aliphatic hydroxyl groups is 1. The van der Waals surface area contributed by atoms with Crippen molar-refractivity contribution < 1.29 is 9.70 Å². The van der Waals surface area contributed by atoms with Crippen LogP contribution in [0.4, 0.5) is 0 Å². The van der Waals surface area contributed by atoms with Crippen LogP contribution in [-0.2, 0) is 0 Å². The zero-order valence-corrected chi connectivity index (χ0v) is 8.19. The standard InChI is InChI=1S/C9H18N3O/c1-2-3-4-5-12(6-7-13)9-10-8-11-12/h8-9,13H,2-7H2,1H3/q+1. The van der Waals surface area contributed by atoms with Crippen molar-refractivity contribution in [3.05, 3.63) is 0 Å². The molecule has 1 aliphatic heterocycles. The summed E-state index contributed by atoms with van der Waals surface area (Å²) in [4.78, 5) is 3.98. The van der Waals surface area contributed by atoms with E-state index in [0.29, 0.717) is 11.1 Å². The van der Waals surface area contributed by atoms with E-state index in [1.54, 1.807) is 6.34 Å². The maximum absolute atomic E-state index is 8.90. The fourth-order valence-electron chi connectivity index (χ4n) is 1.47. The van der Waals surface area contributed by atoms with Crippen LogP contribution in [0, 0.1) is 0 Å². The summed E-state index contributed by atoms with van der Waals surface area (Å²) in [7, 11) is 0. The number of quaternary nitrogens is 1. The molecule has 1 unspecified atom stereocenters. The molecule has 0 bridgehead atoms. The molecule has 1 heterocycles. The molecule has 4 nitrogen and oxygen atoms in total. The Morgan fingerprint density at radius 2 is 2.15 bits per heavy atom. The molecule has 0 aromatic carbocycles. The summed E-state index contributed by atoms with van der Waals surface area (Å²) in [6, 6.07) is 0. The van der Waals surface area contributed by atoms with E-state index in [1.165, 1.54) is 12.8 Å². The van der Waals surface area contributed by atoms with Gasteiger partial charge in [0.15, 0.2) is 6.34 Å². The fraction of sp³-hybridized carbons (Fsp3) is 0.778. The van der Waals surface area contributed by atoms with Crippen molar-refractivity contribution in [2.24, 2.45) is 10.1 Å². The highest BCUT2D eigenvalue weighted by molar-refractivity contribution is 5.70. The molecule has 0 saturated heterocycles. The van der Waals surface area contributed by atoms with Crippen molar-refractivity contribution in [3.63, 3.8) is 0 Å². The van der Waals surface area contributed by atoms with E-state index in [1.807, 2.05) is 6.34 Å². The lowest BCUT2D eigenvalue weighted by Gasteiger charge is -2.23. The first kappa shape index (κ1) is 10.3. The van der Waals surface area contributed by atoms with E-state index in [0.717, 1.165) is 13.0 Å². The number of unbranched alkanes of at least 4 members (excludes halogenated alkanes) is 2. The average Bonchev–Trinajstić information content (AvgIpc) is 2.55. The minimum atomic E-state index is 0.162. The zero-order chi connectivity index (χ0) is 9.57. The van der Waals surface area contributed by atoms with Gasteiger partial charge in [-0.2, -0.15) is 9.58 Å². The van der Waals surface area contributed by atoms with Crippen LogP contribution in [0.15, 0.2) is 10.1 Å². The van der Waals surface area contributed by atoms with Gasteiger partial charge in [0.1, 0.15) is 13.1 Å². The molecule has 13 heavy (non-hydrogen) atoms. The highest BCUT2D eigenvalue weighted by atomic mass is 16.3. The molecule has 1 N–H and O–H groups in total. The molecule has 0 radical (unpaired) electrons. The molecular weight excluding hydrogens is 166 g/mol. The predicted octanol–water partition coefficient (Wildman–Crippen LogP) is 0.971. The summed E-state index contributed by atoms with van der Waals surface area (Å²) in [5.74, 6) is 0. The summed E-state index contributed by atoms with van der Waals surface area (Å²) in [5, 5.41) is 13.2. The number of hydrogen-bond acceptors (Lipinski definition) is 3. The van der Waals surface area contributed by atoms with Gasteiger partial charge in [0, 0.05) is 0 Å². The first-order chi connectivity index (χ1) is 6.33. The summed E-state index contributed by atoms with van der Waals surface area (Å²) in [6.45, 7) is 3.94. The van der Waals surface area contributed by atoms with E-state index >= 15 is 0 Å². The number of nitrogens with zero attached hydrogens (tertiary/aromatic N) is 3. The number of hydrogen-bond donors (Lipinski definition) is 1. The Kier molecular flexibility index (Phi) is 4.05. The minimum absolute atomic E-state index is 0.162. The van der Waals surface area contributed by atoms with Gasteiger partial charge in [0.05, 0.1) is 6.61 Å². The van der Waals surface area contributed by atoms with Gasteiger partial charge in [-0.25, -0.2) is 0 Å². The highest BCUT2D eigenvalue weighted by Crippen LogP contribution is 2.11. The van der Waals surface area contributed by atoms with E-state index in [4.69, 9.17) is 5.11 Å². The number of aliphatic imine (C=N–C) groups is 1. The van der Waals surface area contributed by atoms with Crippen molar-refractivity contribution in [1.29, 1.82) is 0 Å². The number of aliphatic hydroxyl groups excluding tert-OH is 1. The smallest absolute Gasteiger partial charge is 0.218 e. The molecule has 74 valence electrons. The van der Waals surface area contributed by atoms with Gasteiger partial charge in [-0.15, -0.1) is 0 Å². The summed E-state index contributed by atoms with van der Waals surface area (Å²) < 4.78 is 0.483. The van der Waals surface area contributed by atoms with Crippen LogP contribution in [0.5, 0.6) is 0 Å². The highest BCUT2D eigenvalue weighted by Gasteiger charge is 2.26. The molecule has 1 atom stereocenters. The lowest BCUT2D eigenvalue weighted by atomic mass is 10.2.